The van der Waals surface area contributed by atoms with Crippen molar-refractivity contribution in [2.45, 2.75) is 104 Å². The van der Waals surface area contributed by atoms with Gasteiger partial charge in [-0.3, -0.25) is 14.6 Å². The van der Waals surface area contributed by atoms with Gasteiger partial charge in [0, 0.05) is 17.1 Å². The number of pyridine rings is 1. The van der Waals surface area contributed by atoms with Gasteiger partial charge in [0.2, 0.25) is 0 Å². The normalized spacial score (nSPS) is 13.5. The molecule has 216 valence electrons. The fourth-order valence-electron chi connectivity index (χ4n) is 4.51. The monoisotopic (exact) mass is 562 g/mol. The van der Waals surface area contributed by atoms with Crippen molar-refractivity contribution < 1.29 is 27.5 Å². The van der Waals surface area contributed by atoms with Crippen molar-refractivity contribution in [1.29, 1.82) is 0 Å². The third kappa shape index (κ3) is 9.80. The Bertz CT molecular complexity index is 1320. The largest absolute Gasteiger partial charge is 0.444 e. The second kappa shape index (κ2) is 11.9. The van der Waals surface area contributed by atoms with E-state index in [1.54, 1.807) is 33.8 Å². The number of sulfonamides is 1. The standard InChI is InChI=1S/C28H42N4O6S/c1-10-12-20(30-25(35)38-27(5,6)7)24(34)32-39(36,37)22-14-11-13-18-15-21(29-16-19(18)22)23(33)31-28(8,9)17-26(2,3)4/h11,13-16,20H,10,12,17H2,1-9H3,(H,30,35)(H,31,33)(H,32,34)/t20-/m0/s1. The number of amides is 3. The Morgan fingerprint density at radius 2 is 1.67 bits per heavy atom. The first-order valence-corrected chi connectivity index (χ1v) is 14.5. The molecule has 11 heteroatoms. The van der Waals surface area contributed by atoms with Crippen molar-refractivity contribution in [3.63, 3.8) is 0 Å². The van der Waals surface area contributed by atoms with Crippen LogP contribution in [0.3, 0.4) is 0 Å². The van der Waals surface area contributed by atoms with Gasteiger partial charge in [-0.2, -0.15) is 0 Å². The summed E-state index contributed by atoms with van der Waals surface area (Å²) >= 11 is 0. The maximum Gasteiger partial charge on any atom is 0.408 e. The molecule has 1 aromatic heterocycles. The molecule has 0 aliphatic carbocycles. The van der Waals surface area contributed by atoms with Crippen LogP contribution in [-0.2, 0) is 19.6 Å². The maximum absolute atomic E-state index is 13.2. The van der Waals surface area contributed by atoms with Crippen LogP contribution in [0.5, 0.6) is 0 Å². The minimum absolute atomic E-state index is 0.000150. The topological polar surface area (TPSA) is 144 Å². The van der Waals surface area contributed by atoms with Crippen LogP contribution in [0.4, 0.5) is 4.79 Å². The number of carbonyl (C=O) groups is 3. The Morgan fingerprint density at radius 3 is 2.23 bits per heavy atom. The van der Waals surface area contributed by atoms with Crippen LogP contribution >= 0.6 is 0 Å². The number of alkyl carbamates (subject to hydrolysis) is 1. The minimum atomic E-state index is -4.33. The second-order valence-corrected chi connectivity index (χ2v) is 14.2. The fourth-order valence-corrected chi connectivity index (χ4v) is 5.74. The Kier molecular flexibility index (Phi) is 9.76. The zero-order chi connectivity index (χ0) is 29.8. The number of carbonyl (C=O) groups excluding carboxylic acids is 3. The van der Waals surface area contributed by atoms with E-state index in [9.17, 15) is 22.8 Å². The van der Waals surface area contributed by atoms with E-state index in [1.807, 2.05) is 13.8 Å². The van der Waals surface area contributed by atoms with Crippen molar-refractivity contribution in [1.82, 2.24) is 20.3 Å². The summed E-state index contributed by atoms with van der Waals surface area (Å²) in [4.78, 5) is 42.1. The lowest BCUT2D eigenvalue weighted by Gasteiger charge is -2.33. The lowest BCUT2D eigenvalue weighted by atomic mass is 9.82. The van der Waals surface area contributed by atoms with Crippen LogP contribution in [-0.4, -0.2) is 48.5 Å². The molecule has 0 aliphatic heterocycles. The highest BCUT2D eigenvalue weighted by molar-refractivity contribution is 7.90. The van der Waals surface area contributed by atoms with Crippen LogP contribution in [0.2, 0.25) is 0 Å². The Labute approximate surface area is 231 Å². The highest BCUT2D eigenvalue weighted by Gasteiger charge is 2.30. The predicted octanol–water partition coefficient (Wildman–Crippen LogP) is 4.68. The number of hydrogen-bond acceptors (Lipinski definition) is 7. The SMILES string of the molecule is CCC[C@H](NC(=O)OC(C)(C)C)C(=O)NS(=O)(=O)c1cccc2cc(C(=O)NC(C)(C)CC(C)(C)C)ncc12. The predicted molar refractivity (Wildman–Crippen MR) is 151 cm³/mol. The van der Waals surface area contributed by atoms with E-state index in [0.717, 1.165) is 6.42 Å². The van der Waals surface area contributed by atoms with Gasteiger partial charge < -0.3 is 15.4 Å². The van der Waals surface area contributed by atoms with Gasteiger partial charge in [0.05, 0.1) is 4.90 Å². The van der Waals surface area contributed by atoms with Crippen LogP contribution in [0.25, 0.3) is 10.8 Å². The summed E-state index contributed by atoms with van der Waals surface area (Å²) in [6, 6.07) is 4.94. The van der Waals surface area contributed by atoms with Crippen LogP contribution in [0.1, 0.15) is 92.1 Å². The molecule has 0 unspecified atom stereocenters. The minimum Gasteiger partial charge on any atom is -0.444 e. The van der Waals surface area contributed by atoms with E-state index in [0.29, 0.717) is 11.8 Å². The summed E-state index contributed by atoms with van der Waals surface area (Å²) < 4.78 is 33.7. The third-order valence-electron chi connectivity index (χ3n) is 5.49. The zero-order valence-corrected chi connectivity index (χ0v) is 25.2. The first-order valence-electron chi connectivity index (χ1n) is 13.0. The molecule has 1 aromatic carbocycles. The molecule has 2 aromatic rings. The Morgan fingerprint density at radius 1 is 1.03 bits per heavy atom. The molecule has 3 N–H and O–H groups in total. The van der Waals surface area contributed by atoms with Crippen molar-refractivity contribution in [3.05, 3.63) is 36.2 Å². The molecule has 1 atom stereocenters. The van der Waals surface area contributed by atoms with Crippen molar-refractivity contribution in [2.75, 3.05) is 0 Å². The van der Waals surface area contributed by atoms with E-state index in [2.05, 4.69) is 41.1 Å². The molecule has 0 bridgehead atoms. The molecule has 0 saturated heterocycles. The summed E-state index contributed by atoms with van der Waals surface area (Å²) in [7, 11) is -4.33. The molecule has 39 heavy (non-hydrogen) atoms. The summed E-state index contributed by atoms with van der Waals surface area (Å²) in [6.07, 6.45) is 1.95. The third-order valence-corrected chi connectivity index (χ3v) is 6.90. The van der Waals surface area contributed by atoms with E-state index in [-0.39, 0.29) is 33.7 Å². The van der Waals surface area contributed by atoms with Gasteiger partial charge in [-0.15, -0.1) is 0 Å². The van der Waals surface area contributed by atoms with Crippen LogP contribution < -0.4 is 15.4 Å². The summed E-state index contributed by atoms with van der Waals surface area (Å²) in [5.74, 6) is -1.26. The number of ether oxygens (including phenoxy) is 1. The highest BCUT2D eigenvalue weighted by atomic mass is 32.2. The van der Waals surface area contributed by atoms with Crippen molar-refractivity contribution in [3.8, 4) is 0 Å². The summed E-state index contributed by atoms with van der Waals surface area (Å²) in [5, 5.41) is 6.16. The Hall–Kier alpha value is -3.21. The van der Waals surface area contributed by atoms with Gasteiger partial charge in [-0.25, -0.2) is 17.9 Å². The molecule has 0 saturated carbocycles. The van der Waals surface area contributed by atoms with Gasteiger partial charge in [0.1, 0.15) is 17.3 Å². The second-order valence-electron chi connectivity index (χ2n) is 12.6. The summed E-state index contributed by atoms with van der Waals surface area (Å²) in [5.41, 5.74) is -1.12. The maximum atomic E-state index is 13.2. The van der Waals surface area contributed by atoms with Gasteiger partial charge in [-0.05, 0) is 70.4 Å². The Balaban J connectivity index is 2.29. The molecule has 0 spiro atoms. The average molecular weight is 563 g/mol. The molecule has 10 nitrogen and oxygen atoms in total. The molecule has 0 aliphatic rings. The number of nitrogens with zero attached hydrogens (tertiary/aromatic N) is 1. The van der Waals surface area contributed by atoms with Crippen LogP contribution in [0, 0.1) is 5.41 Å². The molecule has 1 heterocycles. The summed E-state index contributed by atoms with van der Waals surface area (Å²) in [6.45, 7) is 17.0. The average Bonchev–Trinajstić information content (AvgIpc) is 2.74. The molecule has 2 rings (SSSR count). The molecular weight excluding hydrogens is 520 g/mol. The molecule has 0 fully saturated rings. The van der Waals surface area contributed by atoms with Crippen molar-refractivity contribution in [2.24, 2.45) is 5.41 Å². The van der Waals surface area contributed by atoms with Crippen molar-refractivity contribution >= 4 is 38.7 Å². The quantitative estimate of drug-likeness (QED) is 0.403. The van der Waals surface area contributed by atoms with E-state index < -0.39 is 39.2 Å². The molecular formula is C28H42N4O6S. The van der Waals surface area contributed by atoms with E-state index in [4.69, 9.17) is 4.74 Å². The molecule has 3 amide bonds. The number of aromatic nitrogens is 1. The lowest BCUT2D eigenvalue weighted by molar-refractivity contribution is -0.121. The highest BCUT2D eigenvalue weighted by Crippen LogP contribution is 2.28. The van der Waals surface area contributed by atoms with Crippen LogP contribution in [0.15, 0.2) is 35.4 Å². The van der Waals surface area contributed by atoms with Gasteiger partial charge in [0.25, 0.3) is 21.8 Å². The van der Waals surface area contributed by atoms with E-state index in [1.165, 1.54) is 24.4 Å². The number of fused-ring (bicyclic) bond motifs is 1. The van der Waals surface area contributed by atoms with Gasteiger partial charge in [-0.1, -0.05) is 46.2 Å². The number of nitrogens with one attached hydrogen (secondary N) is 3. The first kappa shape index (κ1) is 32.0. The number of hydrogen-bond donors (Lipinski definition) is 3. The smallest absolute Gasteiger partial charge is 0.408 e. The van der Waals surface area contributed by atoms with Gasteiger partial charge >= 0.3 is 6.09 Å². The van der Waals surface area contributed by atoms with Gasteiger partial charge in [0.15, 0.2) is 0 Å². The molecule has 0 radical (unpaired) electrons. The lowest BCUT2D eigenvalue weighted by Crippen LogP contribution is -2.49. The number of benzene rings is 1. The first-order chi connectivity index (χ1) is 17.7. The number of rotatable bonds is 9. The fraction of sp³-hybridized carbons (Fsp3) is 0.571. The zero-order valence-electron chi connectivity index (χ0n) is 24.4. The van der Waals surface area contributed by atoms with E-state index >= 15 is 0 Å².